The van der Waals surface area contributed by atoms with E-state index in [1.54, 1.807) is 0 Å². The van der Waals surface area contributed by atoms with Crippen molar-refractivity contribution >= 4 is 22.9 Å². The first-order valence-corrected chi connectivity index (χ1v) is 13.2. The largest absolute Gasteiger partial charge is 0.444 e. The zero-order valence-electron chi connectivity index (χ0n) is 22.2. The van der Waals surface area contributed by atoms with Crippen molar-refractivity contribution in [2.24, 2.45) is 11.8 Å². The molecule has 0 atom stereocenters. The van der Waals surface area contributed by atoms with Gasteiger partial charge in [0.15, 0.2) is 0 Å². The third-order valence-electron chi connectivity index (χ3n) is 6.95. The van der Waals surface area contributed by atoms with E-state index in [1.807, 2.05) is 63.2 Å². The van der Waals surface area contributed by atoms with Crippen molar-refractivity contribution in [3.63, 3.8) is 0 Å². The molecule has 1 aliphatic rings. The minimum absolute atomic E-state index is 0.0667. The van der Waals surface area contributed by atoms with Crippen molar-refractivity contribution < 1.29 is 20.1 Å². The predicted molar refractivity (Wildman–Crippen MR) is 146 cm³/mol. The fourth-order valence-corrected chi connectivity index (χ4v) is 4.87. The van der Waals surface area contributed by atoms with Crippen molar-refractivity contribution in [2.75, 3.05) is 13.1 Å². The van der Waals surface area contributed by atoms with Gasteiger partial charge in [-0.1, -0.05) is 42.5 Å². The highest BCUT2D eigenvalue weighted by molar-refractivity contribution is 6.07. The van der Waals surface area contributed by atoms with Crippen LogP contribution < -0.4 is 16.4 Å². The standard InChI is InChI=1S/C30H38N4O3/c1-30(2,3)37-29(36)33-19-22-10-8-21(9-11-22)18-32-28(35)25-16-27(23-14-12-20(17-31)13-15-23)34-26-7-5-4-6-24(25)26/h4-7,12-16,21-22H,8-11,17-19,31H2,1-3H3,(H,32,35)(H,33,36)/p+1. The van der Waals surface area contributed by atoms with Crippen LogP contribution in [0.3, 0.4) is 0 Å². The Kier molecular flexibility index (Phi) is 8.44. The summed E-state index contributed by atoms with van der Waals surface area (Å²) in [5.74, 6) is 0.813. The molecule has 0 aliphatic heterocycles. The lowest BCUT2D eigenvalue weighted by molar-refractivity contribution is -0.386. The molecule has 1 aromatic heterocycles. The average Bonchev–Trinajstić information content (AvgIpc) is 2.89. The lowest BCUT2D eigenvalue weighted by Crippen LogP contribution is -2.47. The minimum atomic E-state index is -0.488. The number of nitrogens with one attached hydrogen (secondary N) is 2. The van der Waals surface area contributed by atoms with Gasteiger partial charge < -0.3 is 21.1 Å². The number of rotatable bonds is 7. The summed E-state index contributed by atoms with van der Waals surface area (Å²) >= 11 is 0. The zero-order chi connectivity index (χ0) is 26.4. The van der Waals surface area contributed by atoms with Crippen molar-refractivity contribution in [1.29, 1.82) is 0 Å². The Hall–Kier alpha value is -3.45. The summed E-state index contributed by atoms with van der Waals surface area (Å²) in [6.07, 6.45) is 3.76. The molecule has 0 saturated heterocycles. The van der Waals surface area contributed by atoms with Gasteiger partial charge in [0.1, 0.15) is 5.60 Å². The van der Waals surface area contributed by atoms with Crippen LogP contribution in [0.25, 0.3) is 22.2 Å². The van der Waals surface area contributed by atoms with Gasteiger partial charge in [0, 0.05) is 29.6 Å². The Labute approximate surface area is 219 Å². The summed E-state index contributed by atoms with van der Waals surface area (Å²) in [6.45, 7) is 7.61. The molecule has 2 aromatic carbocycles. The monoisotopic (exact) mass is 503 g/mol. The Morgan fingerprint density at radius 3 is 2.19 bits per heavy atom. The van der Waals surface area contributed by atoms with Gasteiger partial charge in [0.25, 0.3) is 5.91 Å². The van der Waals surface area contributed by atoms with E-state index in [1.165, 1.54) is 0 Å². The Morgan fingerprint density at radius 1 is 0.946 bits per heavy atom. The zero-order valence-corrected chi connectivity index (χ0v) is 22.2. The average molecular weight is 504 g/mol. The van der Waals surface area contributed by atoms with Crippen LogP contribution in [0.15, 0.2) is 54.6 Å². The molecule has 1 heterocycles. The van der Waals surface area contributed by atoms with Crippen LogP contribution in [0.5, 0.6) is 0 Å². The SMILES string of the molecule is CC(C)(C)OC(=O)NCC1CCC(CNC(=O)c2cc(-c3ccc(C[NH3+])cc3)nc3ccccc23)CC1. The third-order valence-corrected chi connectivity index (χ3v) is 6.95. The molecule has 7 heteroatoms. The van der Waals surface area contributed by atoms with Crippen LogP contribution in [0.1, 0.15) is 62.4 Å². The number of benzene rings is 2. The number of hydrogen-bond acceptors (Lipinski definition) is 4. The fraction of sp³-hybridized carbons (Fsp3) is 0.433. The second-order valence-electron chi connectivity index (χ2n) is 11.0. The third kappa shape index (κ3) is 7.29. The van der Waals surface area contributed by atoms with Gasteiger partial charge in [-0.05, 0) is 70.4 Å². The number of aromatic nitrogens is 1. The number of alkyl carbamates (subject to hydrolysis) is 1. The first-order chi connectivity index (χ1) is 17.7. The number of para-hydroxylation sites is 1. The van der Waals surface area contributed by atoms with E-state index >= 15 is 0 Å². The lowest BCUT2D eigenvalue weighted by Gasteiger charge is -2.29. The van der Waals surface area contributed by atoms with Crippen LogP contribution in [0, 0.1) is 11.8 Å². The number of fused-ring (bicyclic) bond motifs is 1. The summed E-state index contributed by atoms with van der Waals surface area (Å²) < 4.78 is 5.33. The molecule has 37 heavy (non-hydrogen) atoms. The van der Waals surface area contributed by atoms with Gasteiger partial charge in [-0.2, -0.15) is 0 Å². The van der Waals surface area contributed by atoms with Gasteiger partial charge in [-0.25, -0.2) is 9.78 Å². The molecule has 4 rings (SSSR count). The normalized spacial score (nSPS) is 17.8. The number of pyridine rings is 1. The van der Waals surface area contributed by atoms with E-state index in [4.69, 9.17) is 9.72 Å². The number of carbonyl (C=O) groups excluding carboxylic acids is 2. The molecule has 1 aliphatic carbocycles. The van der Waals surface area contributed by atoms with Gasteiger partial charge in [0.2, 0.25) is 0 Å². The molecule has 5 N–H and O–H groups in total. The van der Waals surface area contributed by atoms with Crippen LogP contribution in [-0.4, -0.2) is 35.7 Å². The molecule has 1 fully saturated rings. The molecule has 0 radical (unpaired) electrons. The van der Waals surface area contributed by atoms with Gasteiger partial charge in [-0.3, -0.25) is 4.79 Å². The van der Waals surface area contributed by atoms with E-state index in [0.29, 0.717) is 30.5 Å². The number of quaternary nitrogens is 1. The van der Waals surface area contributed by atoms with Crippen LogP contribution in [-0.2, 0) is 11.3 Å². The van der Waals surface area contributed by atoms with Crippen LogP contribution >= 0.6 is 0 Å². The maximum atomic E-state index is 13.3. The number of hydrogen-bond donors (Lipinski definition) is 3. The molecule has 196 valence electrons. The Balaban J connectivity index is 1.35. The maximum Gasteiger partial charge on any atom is 0.407 e. The summed E-state index contributed by atoms with van der Waals surface area (Å²) in [4.78, 5) is 30.1. The number of nitrogens with zero attached hydrogens (tertiary/aromatic N) is 1. The molecule has 7 nitrogen and oxygen atoms in total. The molecular formula is C30H39N4O3+. The van der Waals surface area contributed by atoms with Crippen molar-refractivity contribution in [3.05, 3.63) is 65.7 Å². The van der Waals surface area contributed by atoms with Crippen molar-refractivity contribution in [2.45, 2.75) is 58.6 Å². The second kappa shape index (κ2) is 11.7. The first-order valence-electron chi connectivity index (χ1n) is 13.2. The van der Waals surface area contributed by atoms with E-state index in [9.17, 15) is 9.59 Å². The highest BCUT2D eigenvalue weighted by Crippen LogP contribution is 2.29. The first kappa shape index (κ1) is 26.6. The van der Waals surface area contributed by atoms with Gasteiger partial charge in [-0.15, -0.1) is 0 Å². The Morgan fingerprint density at radius 2 is 1.57 bits per heavy atom. The van der Waals surface area contributed by atoms with Gasteiger partial charge in [0.05, 0.1) is 23.3 Å². The number of carbonyl (C=O) groups is 2. The van der Waals surface area contributed by atoms with Crippen molar-refractivity contribution in [1.82, 2.24) is 15.6 Å². The highest BCUT2D eigenvalue weighted by Gasteiger charge is 2.24. The summed E-state index contributed by atoms with van der Waals surface area (Å²) in [6, 6.07) is 17.9. The molecule has 0 bridgehead atoms. The predicted octanol–water partition coefficient (Wildman–Crippen LogP) is 4.70. The fourth-order valence-electron chi connectivity index (χ4n) is 4.87. The molecule has 1 saturated carbocycles. The summed E-state index contributed by atoms with van der Waals surface area (Å²) in [7, 11) is 0. The number of amides is 2. The second-order valence-corrected chi connectivity index (χ2v) is 11.0. The van der Waals surface area contributed by atoms with E-state index in [2.05, 4.69) is 28.5 Å². The van der Waals surface area contributed by atoms with Crippen LogP contribution in [0.4, 0.5) is 4.79 Å². The summed E-state index contributed by atoms with van der Waals surface area (Å²) in [5, 5.41) is 6.94. The molecule has 3 aromatic rings. The number of ether oxygens (including phenoxy) is 1. The molecule has 0 spiro atoms. The molecule has 0 unspecified atom stereocenters. The molecule has 2 amide bonds. The van der Waals surface area contributed by atoms with E-state index in [-0.39, 0.29) is 12.0 Å². The molecular weight excluding hydrogens is 464 g/mol. The van der Waals surface area contributed by atoms with Crippen LogP contribution in [0.2, 0.25) is 0 Å². The van der Waals surface area contributed by atoms with Crippen molar-refractivity contribution in [3.8, 4) is 11.3 Å². The Bertz CT molecular complexity index is 1230. The smallest absolute Gasteiger partial charge is 0.407 e. The highest BCUT2D eigenvalue weighted by atomic mass is 16.6. The quantitative estimate of drug-likeness (QED) is 0.434. The minimum Gasteiger partial charge on any atom is -0.444 e. The van der Waals surface area contributed by atoms with E-state index < -0.39 is 5.60 Å². The maximum absolute atomic E-state index is 13.3. The van der Waals surface area contributed by atoms with E-state index in [0.717, 1.165) is 60.0 Å². The topological polar surface area (TPSA) is 108 Å². The van der Waals surface area contributed by atoms with Gasteiger partial charge >= 0.3 is 6.09 Å². The lowest BCUT2D eigenvalue weighted by atomic mass is 9.82. The summed E-state index contributed by atoms with van der Waals surface area (Å²) in [5.41, 5.74) is 7.84.